The number of ether oxygens (including phenoxy) is 2. The van der Waals surface area contributed by atoms with E-state index in [2.05, 4.69) is 10.1 Å². The van der Waals surface area contributed by atoms with Gasteiger partial charge in [0, 0.05) is 0 Å². The molecule has 0 aromatic heterocycles. The van der Waals surface area contributed by atoms with Crippen LogP contribution >= 0.6 is 11.8 Å². The van der Waals surface area contributed by atoms with Crippen LogP contribution in [0.4, 0.5) is 4.79 Å². The highest BCUT2D eigenvalue weighted by atomic mass is 32.2. The molecule has 1 aliphatic heterocycles. The highest BCUT2D eigenvalue weighted by molar-refractivity contribution is 8.15. The molecule has 0 bridgehead atoms. The smallest absolute Gasteiger partial charge is 0.343 e. The summed E-state index contributed by atoms with van der Waals surface area (Å²) in [5, 5.41) is 1.85. The lowest BCUT2D eigenvalue weighted by Crippen LogP contribution is -2.24. The number of amides is 2. The first kappa shape index (κ1) is 18.3. The monoisotopic (exact) mass is 351 g/mol. The Labute approximate surface area is 145 Å². The Balaban J connectivity index is 1.61. The summed E-state index contributed by atoms with van der Waals surface area (Å²) in [6.07, 6.45) is 4.65. The second-order valence-corrected chi connectivity index (χ2v) is 6.67. The first-order chi connectivity index (χ1) is 11.6. The minimum absolute atomic E-state index is 0.0922. The molecule has 1 N–H and O–H groups in total. The third-order valence-electron chi connectivity index (χ3n) is 3.71. The Bertz CT molecular complexity index is 587. The predicted octanol–water partition coefficient (Wildman–Crippen LogP) is 2.69. The van der Waals surface area contributed by atoms with E-state index in [1.165, 1.54) is 12.7 Å². The average Bonchev–Trinajstić information content (AvgIpc) is 2.91. The highest BCUT2D eigenvalue weighted by Gasteiger charge is 2.30. The fourth-order valence-corrected chi connectivity index (χ4v) is 3.24. The van der Waals surface area contributed by atoms with E-state index in [4.69, 9.17) is 4.74 Å². The molecule has 1 saturated heterocycles. The molecule has 0 radical (unpaired) electrons. The number of benzene rings is 1. The van der Waals surface area contributed by atoms with Gasteiger partial charge in [0.15, 0.2) is 6.61 Å². The Morgan fingerprint density at radius 3 is 2.54 bits per heavy atom. The number of imide groups is 1. The van der Waals surface area contributed by atoms with Crippen LogP contribution in [-0.2, 0) is 20.7 Å². The molecule has 24 heavy (non-hydrogen) atoms. The van der Waals surface area contributed by atoms with Crippen molar-refractivity contribution in [2.24, 2.45) is 0 Å². The number of hydrogen-bond acceptors (Lipinski definition) is 6. The van der Waals surface area contributed by atoms with Gasteiger partial charge in [-0.25, -0.2) is 4.79 Å². The van der Waals surface area contributed by atoms with Crippen LogP contribution in [0.3, 0.4) is 0 Å². The third kappa shape index (κ3) is 5.88. The Morgan fingerprint density at radius 1 is 1.17 bits per heavy atom. The summed E-state index contributed by atoms with van der Waals surface area (Å²) in [4.78, 5) is 33.5. The second kappa shape index (κ2) is 9.32. The number of thioether (sulfide) groups is 1. The van der Waals surface area contributed by atoms with Crippen molar-refractivity contribution in [1.82, 2.24) is 5.32 Å². The average molecular weight is 351 g/mol. The van der Waals surface area contributed by atoms with Gasteiger partial charge >= 0.3 is 5.97 Å². The molecule has 1 atom stereocenters. The summed E-state index contributed by atoms with van der Waals surface area (Å²) in [5.41, 5.74) is 1.20. The van der Waals surface area contributed by atoms with E-state index in [0.29, 0.717) is 5.75 Å². The SMILES string of the molecule is COC(=O)COc1ccc(CCCCCC2SC(=O)NC2=O)cc1. The number of nitrogens with one attached hydrogen (secondary N) is 1. The summed E-state index contributed by atoms with van der Waals surface area (Å²) in [6.45, 7) is -0.0922. The lowest BCUT2D eigenvalue weighted by atomic mass is 10.1. The Kier molecular flexibility index (Phi) is 7.11. The maximum absolute atomic E-state index is 11.4. The number of esters is 1. The standard InChI is InChI=1S/C17H21NO5S/c1-22-15(19)11-23-13-9-7-12(8-10-13)5-3-2-4-6-14-16(20)18-17(21)24-14/h7-10,14H,2-6,11H2,1H3,(H,18,20,21). The van der Waals surface area contributed by atoms with Crippen molar-refractivity contribution in [2.75, 3.05) is 13.7 Å². The minimum atomic E-state index is -0.408. The van der Waals surface area contributed by atoms with Crippen molar-refractivity contribution in [3.05, 3.63) is 29.8 Å². The van der Waals surface area contributed by atoms with Gasteiger partial charge in [-0.1, -0.05) is 36.7 Å². The van der Waals surface area contributed by atoms with Crippen LogP contribution in [-0.4, -0.2) is 36.1 Å². The van der Waals surface area contributed by atoms with Gasteiger partial charge in [-0.05, 0) is 37.0 Å². The van der Waals surface area contributed by atoms with Crippen LogP contribution in [0.2, 0.25) is 0 Å². The van der Waals surface area contributed by atoms with Crippen molar-refractivity contribution in [1.29, 1.82) is 0 Å². The number of unbranched alkanes of at least 4 members (excludes halogenated alkanes) is 2. The van der Waals surface area contributed by atoms with Crippen molar-refractivity contribution in [3.8, 4) is 5.75 Å². The van der Waals surface area contributed by atoms with Gasteiger partial charge in [-0.15, -0.1) is 0 Å². The minimum Gasteiger partial charge on any atom is -0.482 e. The molecule has 1 aromatic carbocycles. The number of hydrogen-bond donors (Lipinski definition) is 1. The molecule has 1 aliphatic rings. The Morgan fingerprint density at radius 2 is 1.92 bits per heavy atom. The summed E-state index contributed by atoms with van der Waals surface area (Å²) in [7, 11) is 1.32. The van der Waals surface area contributed by atoms with Crippen molar-refractivity contribution in [3.63, 3.8) is 0 Å². The van der Waals surface area contributed by atoms with Gasteiger partial charge in [0.25, 0.3) is 5.24 Å². The van der Waals surface area contributed by atoms with E-state index < -0.39 is 5.97 Å². The van der Waals surface area contributed by atoms with Crippen LogP contribution in [0.15, 0.2) is 24.3 Å². The van der Waals surface area contributed by atoms with E-state index in [-0.39, 0.29) is 23.0 Å². The number of carbonyl (C=O) groups is 3. The molecule has 1 aromatic rings. The molecular weight excluding hydrogens is 330 g/mol. The van der Waals surface area contributed by atoms with Crippen LogP contribution in [0.1, 0.15) is 31.2 Å². The van der Waals surface area contributed by atoms with E-state index >= 15 is 0 Å². The summed E-state index contributed by atoms with van der Waals surface area (Å²) < 4.78 is 9.80. The molecule has 7 heteroatoms. The van der Waals surface area contributed by atoms with Gasteiger partial charge in [0.05, 0.1) is 12.4 Å². The molecule has 2 rings (SSSR count). The zero-order valence-corrected chi connectivity index (χ0v) is 14.4. The van der Waals surface area contributed by atoms with Crippen LogP contribution in [0, 0.1) is 0 Å². The van der Waals surface area contributed by atoms with Crippen LogP contribution in [0.25, 0.3) is 0 Å². The van der Waals surface area contributed by atoms with Crippen molar-refractivity contribution in [2.45, 2.75) is 37.4 Å². The second-order valence-electron chi connectivity index (χ2n) is 5.49. The number of aryl methyl sites for hydroxylation is 1. The zero-order chi connectivity index (χ0) is 17.4. The van der Waals surface area contributed by atoms with Gasteiger partial charge < -0.3 is 9.47 Å². The molecule has 0 aliphatic carbocycles. The first-order valence-electron chi connectivity index (χ1n) is 7.88. The van der Waals surface area contributed by atoms with Gasteiger partial charge in [-0.3, -0.25) is 14.9 Å². The fourth-order valence-electron chi connectivity index (χ4n) is 2.37. The van der Waals surface area contributed by atoms with Crippen LogP contribution in [0.5, 0.6) is 5.75 Å². The van der Waals surface area contributed by atoms with E-state index in [9.17, 15) is 14.4 Å². The van der Waals surface area contributed by atoms with Crippen LogP contribution < -0.4 is 10.1 Å². The molecule has 130 valence electrons. The molecule has 1 heterocycles. The predicted molar refractivity (Wildman–Crippen MR) is 91.0 cm³/mol. The summed E-state index contributed by atoms with van der Waals surface area (Å²) >= 11 is 1.09. The first-order valence-corrected chi connectivity index (χ1v) is 8.76. The van der Waals surface area contributed by atoms with Gasteiger partial charge in [-0.2, -0.15) is 0 Å². The molecule has 0 saturated carbocycles. The molecule has 1 unspecified atom stereocenters. The molecule has 6 nitrogen and oxygen atoms in total. The lowest BCUT2D eigenvalue weighted by molar-refractivity contribution is -0.142. The Hall–Kier alpha value is -2.02. The number of carbonyl (C=O) groups excluding carboxylic acids is 3. The van der Waals surface area contributed by atoms with E-state index in [1.807, 2.05) is 24.3 Å². The molecule has 2 amide bonds. The normalized spacial score (nSPS) is 16.8. The largest absolute Gasteiger partial charge is 0.482 e. The molecule has 1 fully saturated rings. The quantitative estimate of drug-likeness (QED) is 0.544. The van der Waals surface area contributed by atoms with Gasteiger partial charge in [0.2, 0.25) is 5.91 Å². The molecular formula is C17H21NO5S. The molecule has 0 spiro atoms. The highest BCUT2D eigenvalue weighted by Crippen LogP contribution is 2.24. The maximum atomic E-state index is 11.4. The maximum Gasteiger partial charge on any atom is 0.343 e. The fraction of sp³-hybridized carbons (Fsp3) is 0.471. The topological polar surface area (TPSA) is 81.7 Å². The van der Waals surface area contributed by atoms with E-state index in [0.717, 1.165) is 43.9 Å². The summed E-state index contributed by atoms with van der Waals surface area (Å²) in [6, 6.07) is 7.63. The zero-order valence-electron chi connectivity index (χ0n) is 13.6. The summed E-state index contributed by atoms with van der Waals surface area (Å²) in [5.74, 6) is 0.0699. The van der Waals surface area contributed by atoms with Crippen molar-refractivity contribution >= 4 is 28.9 Å². The third-order valence-corrected chi connectivity index (χ3v) is 4.76. The van der Waals surface area contributed by atoms with Crippen molar-refractivity contribution < 1.29 is 23.9 Å². The lowest BCUT2D eigenvalue weighted by Gasteiger charge is -2.07. The van der Waals surface area contributed by atoms with E-state index in [1.54, 1.807) is 0 Å². The van der Waals surface area contributed by atoms with Gasteiger partial charge in [0.1, 0.15) is 5.75 Å². The number of methoxy groups -OCH3 is 1. The number of rotatable bonds is 9.